The van der Waals surface area contributed by atoms with Gasteiger partial charge in [0.25, 0.3) is 5.89 Å². The van der Waals surface area contributed by atoms with E-state index in [-0.39, 0.29) is 6.84 Å². The van der Waals surface area contributed by atoms with Crippen molar-refractivity contribution in [1.29, 1.82) is 0 Å². The van der Waals surface area contributed by atoms with E-state index >= 15 is 0 Å². The number of aryl methyl sites for hydroxylation is 1. The van der Waals surface area contributed by atoms with Gasteiger partial charge in [-0.3, -0.25) is 4.68 Å². The topological polar surface area (TPSA) is 56.7 Å². The highest BCUT2D eigenvalue weighted by atomic mass is 127. The molecular formula is C12H16I2N4O. The normalized spacial score (nSPS) is 13.0. The van der Waals surface area contributed by atoms with E-state index in [1.807, 2.05) is 20.0 Å². The molecule has 2 heterocycles. The summed E-state index contributed by atoms with van der Waals surface area (Å²) in [7, 11) is 1.89. The number of rotatable bonds is 2. The quantitative estimate of drug-likeness (QED) is 0.479. The lowest BCUT2D eigenvalue weighted by Crippen LogP contribution is -2.12. The molecule has 2 rings (SSSR count). The van der Waals surface area contributed by atoms with Gasteiger partial charge in [0.1, 0.15) is 7.12 Å². The van der Waals surface area contributed by atoms with Crippen molar-refractivity contribution < 1.29 is 4.52 Å². The summed E-state index contributed by atoms with van der Waals surface area (Å²) in [5.41, 5.74) is 1.86. The summed E-state index contributed by atoms with van der Waals surface area (Å²) in [6.45, 7) is 8.42. The average molecular weight is 486 g/mol. The molecule has 0 saturated carbocycles. The molecule has 104 valence electrons. The Morgan fingerprint density at radius 3 is 2.26 bits per heavy atom. The third kappa shape index (κ3) is 3.29. The van der Waals surface area contributed by atoms with Crippen LogP contribution in [-0.2, 0) is 13.9 Å². The van der Waals surface area contributed by atoms with Crippen molar-refractivity contribution in [1.82, 2.24) is 19.9 Å². The maximum atomic E-state index is 5.35. The van der Waals surface area contributed by atoms with Gasteiger partial charge in [-0.1, -0.05) is 71.1 Å². The van der Waals surface area contributed by atoms with Crippen LogP contribution in [0.1, 0.15) is 39.2 Å². The summed E-state index contributed by atoms with van der Waals surface area (Å²) >= 11 is 4.56. The highest BCUT2D eigenvalue weighted by Gasteiger charge is 2.27. The second-order valence-electron chi connectivity index (χ2n) is 5.60. The first-order valence-corrected chi connectivity index (χ1v) is 8.01. The van der Waals surface area contributed by atoms with Crippen LogP contribution in [0.4, 0.5) is 0 Å². The van der Waals surface area contributed by atoms with Gasteiger partial charge in [-0.05, 0) is 13.0 Å². The fourth-order valence-corrected chi connectivity index (χ4v) is 1.98. The minimum atomic E-state index is -0.178. The van der Waals surface area contributed by atoms with Crippen molar-refractivity contribution in [3.8, 4) is 11.6 Å². The van der Waals surface area contributed by atoms with Gasteiger partial charge in [-0.2, -0.15) is 10.1 Å². The molecule has 0 aromatic carbocycles. The van der Waals surface area contributed by atoms with Crippen molar-refractivity contribution in [2.75, 3.05) is 0 Å². The van der Waals surface area contributed by atoms with Gasteiger partial charge in [0.05, 0.1) is 5.69 Å². The highest BCUT2D eigenvalue weighted by molar-refractivity contribution is 14.2. The maximum absolute atomic E-state index is 5.35. The van der Waals surface area contributed by atoms with Crippen LogP contribution in [0, 0.1) is 0 Å². The molecular weight excluding hydrogens is 470 g/mol. The Hall–Kier alpha value is -0.190. The Morgan fingerprint density at radius 1 is 1.21 bits per heavy atom. The van der Waals surface area contributed by atoms with Crippen molar-refractivity contribution in [2.24, 2.45) is 7.05 Å². The zero-order valence-electron chi connectivity index (χ0n) is 11.5. The van der Waals surface area contributed by atoms with E-state index in [9.17, 15) is 0 Å². The number of hydrogen-bond donors (Lipinski definition) is 0. The van der Waals surface area contributed by atoms with Gasteiger partial charge in [0.2, 0.25) is 0 Å². The third-order valence-electron chi connectivity index (χ3n) is 2.69. The summed E-state index contributed by atoms with van der Waals surface area (Å²) in [5.74, 6) is 1.20. The second kappa shape index (κ2) is 4.97. The molecule has 0 bridgehead atoms. The molecule has 19 heavy (non-hydrogen) atoms. The van der Waals surface area contributed by atoms with Crippen LogP contribution in [0.5, 0.6) is 0 Å². The van der Waals surface area contributed by atoms with Crippen LogP contribution in [0.15, 0.2) is 10.6 Å². The minimum Gasteiger partial charge on any atom is -0.332 e. The predicted molar refractivity (Wildman–Crippen MR) is 90.6 cm³/mol. The molecule has 0 saturated heterocycles. The fraction of sp³-hybridized carbons (Fsp3) is 0.583. The monoisotopic (exact) mass is 486 g/mol. The third-order valence-corrected chi connectivity index (χ3v) is 3.65. The fourth-order valence-electron chi connectivity index (χ4n) is 1.54. The van der Waals surface area contributed by atoms with Crippen LogP contribution in [0.3, 0.4) is 0 Å². The molecule has 5 nitrogen and oxygen atoms in total. The largest absolute Gasteiger partial charge is 0.332 e. The van der Waals surface area contributed by atoms with E-state index in [2.05, 4.69) is 81.2 Å². The maximum Gasteiger partial charge on any atom is 0.276 e. The van der Waals surface area contributed by atoms with E-state index in [0.29, 0.717) is 11.7 Å². The first-order chi connectivity index (χ1) is 8.59. The van der Waals surface area contributed by atoms with E-state index in [1.54, 1.807) is 4.68 Å². The summed E-state index contributed by atoms with van der Waals surface area (Å²) in [6.07, 6.45) is 0. The number of nitrogens with zero attached hydrogens (tertiary/aromatic N) is 4. The molecule has 0 aliphatic heterocycles. The average Bonchev–Trinajstić information content (AvgIpc) is 2.80. The van der Waals surface area contributed by atoms with Crippen LogP contribution < -0.4 is 0 Å². The van der Waals surface area contributed by atoms with Crippen LogP contribution >= 0.6 is 45.2 Å². The number of aromatic nitrogens is 4. The molecule has 0 fully saturated rings. The van der Waals surface area contributed by atoms with Crippen LogP contribution in [0.2, 0.25) is 0 Å². The zero-order valence-corrected chi connectivity index (χ0v) is 15.8. The summed E-state index contributed by atoms with van der Waals surface area (Å²) in [5, 5.41) is 8.55. The molecule has 0 spiro atoms. The molecule has 0 amide bonds. The molecule has 0 unspecified atom stereocenters. The lowest BCUT2D eigenvalue weighted by atomic mass is 9.92. The van der Waals surface area contributed by atoms with E-state index in [0.717, 1.165) is 11.4 Å². The van der Waals surface area contributed by atoms with Gasteiger partial charge < -0.3 is 4.52 Å². The van der Waals surface area contributed by atoms with Crippen LogP contribution in [-0.4, -0.2) is 19.9 Å². The molecule has 0 N–H and O–H groups in total. The van der Waals surface area contributed by atoms with Gasteiger partial charge >= 0.3 is 0 Å². The number of alkyl halides is 2. The smallest absolute Gasteiger partial charge is 0.276 e. The number of halogens is 2. The summed E-state index contributed by atoms with van der Waals surface area (Å²) in [4.78, 5) is 4.45. The van der Waals surface area contributed by atoms with Crippen molar-refractivity contribution in [3.05, 3.63) is 17.6 Å². The molecule has 2 aromatic heterocycles. The van der Waals surface area contributed by atoms with E-state index in [1.165, 1.54) is 0 Å². The molecule has 0 atom stereocenters. The number of hydrogen-bond acceptors (Lipinski definition) is 4. The zero-order chi connectivity index (χ0) is 14.4. The minimum absolute atomic E-state index is 0.0000973. The molecule has 0 radical (unpaired) electrons. The first kappa shape index (κ1) is 15.2. The molecule has 2 aromatic rings. The summed E-state index contributed by atoms with van der Waals surface area (Å²) in [6, 6.07) is 2.01. The summed E-state index contributed by atoms with van der Waals surface area (Å²) < 4.78 is 6.96. The van der Waals surface area contributed by atoms with Gasteiger partial charge in [-0.25, -0.2) is 0 Å². The molecule has 7 heteroatoms. The Balaban J connectivity index is 2.43. The van der Waals surface area contributed by atoms with E-state index < -0.39 is 0 Å². The van der Waals surface area contributed by atoms with Crippen molar-refractivity contribution in [2.45, 2.75) is 34.5 Å². The first-order valence-electron chi connectivity index (χ1n) is 5.86. The SMILES string of the molecule is Cn1nc(C(C)(C)C)cc1-c1nc(C(C)(I)I)no1. The van der Waals surface area contributed by atoms with Gasteiger partial charge in [-0.15, -0.1) is 0 Å². The lowest BCUT2D eigenvalue weighted by Gasteiger charge is -2.13. The Kier molecular flexibility index (Phi) is 3.98. The second-order valence-corrected chi connectivity index (χ2v) is 12.0. The van der Waals surface area contributed by atoms with Gasteiger partial charge in [0.15, 0.2) is 5.82 Å². The molecule has 0 aliphatic rings. The van der Waals surface area contributed by atoms with Gasteiger partial charge in [0, 0.05) is 12.5 Å². The lowest BCUT2D eigenvalue weighted by molar-refractivity contribution is 0.419. The predicted octanol–water partition coefficient (Wildman–Crippen LogP) is 3.81. The van der Waals surface area contributed by atoms with E-state index in [4.69, 9.17) is 4.52 Å². The standard InChI is InChI=1S/C12H16I2N4O/c1-11(2,3)8-6-7(18(5)16-8)9-15-10(17-19-9)12(4,13)14/h6H,1-5H3. The van der Waals surface area contributed by atoms with Crippen LogP contribution in [0.25, 0.3) is 11.6 Å². The van der Waals surface area contributed by atoms with Crippen molar-refractivity contribution >= 4 is 45.2 Å². The Bertz CT molecular complexity index is 590. The highest BCUT2D eigenvalue weighted by Crippen LogP contribution is 2.37. The molecule has 0 aliphatic carbocycles. The Morgan fingerprint density at radius 2 is 1.84 bits per heavy atom. The Labute approximate surface area is 139 Å². The van der Waals surface area contributed by atoms with Crippen molar-refractivity contribution in [3.63, 3.8) is 0 Å².